The van der Waals surface area contributed by atoms with Crippen molar-refractivity contribution in [1.29, 1.82) is 0 Å². The van der Waals surface area contributed by atoms with E-state index in [0.29, 0.717) is 5.69 Å². The lowest BCUT2D eigenvalue weighted by Crippen LogP contribution is -2.60. The molecule has 1 aliphatic rings. The summed E-state index contributed by atoms with van der Waals surface area (Å²) < 4.78 is 29.8. The summed E-state index contributed by atoms with van der Waals surface area (Å²) >= 11 is 0. The van der Waals surface area contributed by atoms with E-state index in [9.17, 15) is 8.78 Å². The molecule has 0 atom stereocenters. The van der Waals surface area contributed by atoms with Gasteiger partial charge in [-0.1, -0.05) is 0 Å². The molecule has 0 unspecified atom stereocenters. The van der Waals surface area contributed by atoms with Gasteiger partial charge in [-0.25, -0.2) is 13.8 Å². The number of hydrogen-bond acceptors (Lipinski definition) is 8. The molecule has 0 bridgehead atoms. The van der Waals surface area contributed by atoms with Gasteiger partial charge < -0.3 is 16.0 Å². The molecule has 9 nitrogen and oxygen atoms in total. The van der Waals surface area contributed by atoms with Gasteiger partial charge in [0.05, 0.1) is 6.20 Å². The quantitative estimate of drug-likeness (QED) is 0.568. The van der Waals surface area contributed by atoms with Crippen molar-refractivity contribution in [2.75, 3.05) is 10.6 Å². The molecule has 0 aliphatic carbocycles. The number of anilines is 3. The lowest BCUT2D eigenvalue weighted by Gasteiger charge is -2.46. The Morgan fingerprint density at radius 1 is 1.10 bits per heavy atom. The number of aromatic nitrogens is 6. The van der Waals surface area contributed by atoms with E-state index in [1.165, 1.54) is 29.2 Å². The van der Waals surface area contributed by atoms with Gasteiger partial charge in [0, 0.05) is 22.8 Å². The van der Waals surface area contributed by atoms with Crippen LogP contribution < -0.4 is 16.0 Å². The van der Waals surface area contributed by atoms with Gasteiger partial charge in [-0.3, -0.25) is 0 Å². The fourth-order valence-corrected chi connectivity index (χ4v) is 4.31. The molecule has 11 heteroatoms. The third-order valence-electron chi connectivity index (χ3n) is 5.07. The second-order valence-corrected chi connectivity index (χ2v) is 9.08. The maximum atomic E-state index is 14.4. The van der Waals surface area contributed by atoms with E-state index >= 15 is 0 Å². The minimum absolute atomic E-state index is 0.0424. The lowest BCUT2D eigenvalue weighted by atomic mass is 9.79. The first-order valence-corrected chi connectivity index (χ1v) is 9.99. The molecule has 31 heavy (non-hydrogen) atoms. The highest BCUT2D eigenvalue weighted by Crippen LogP contribution is 2.31. The van der Waals surface area contributed by atoms with Crippen molar-refractivity contribution in [3.05, 3.63) is 42.4 Å². The molecular formula is C20H25F2N9. The first-order chi connectivity index (χ1) is 14.6. The molecule has 3 N–H and O–H groups in total. The average Bonchev–Trinajstić information content (AvgIpc) is 3.18. The van der Waals surface area contributed by atoms with Crippen LogP contribution in [0.3, 0.4) is 0 Å². The third kappa shape index (κ3) is 4.93. The average molecular weight is 429 g/mol. The Morgan fingerprint density at radius 2 is 1.84 bits per heavy atom. The van der Waals surface area contributed by atoms with Gasteiger partial charge in [-0.2, -0.15) is 9.67 Å². The Labute approximate surface area is 178 Å². The molecule has 1 saturated heterocycles. The summed E-state index contributed by atoms with van der Waals surface area (Å²) in [6, 6.07) is 4.37. The zero-order valence-corrected chi connectivity index (χ0v) is 17.8. The Balaban J connectivity index is 1.54. The highest BCUT2D eigenvalue weighted by atomic mass is 19.1. The van der Waals surface area contributed by atoms with Crippen LogP contribution in [0.15, 0.2) is 30.7 Å². The summed E-state index contributed by atoms with van der Waals surface area (Å²) in [5.74, 6) is -0.714. The normalized spacial score (nSPS) is 18.0. The van der Waals surface area contributed by atoms with Crippen LogP contribution in [0.4, 0.5) is 26.2 Å². The van der Waals surface area contributed by atoms with Crippen LogP contribution in [-0.2, 0) is 0 Å². The van der Waals surface area contributed by atoms with Gasteiger partial charge in [0.1, 0.15) is 17.8 Å². The number of nitrogens with zero attached hydrogens (tertiary/aromatic N) is 6. The highest BCUT2D eigenvalue weighted by Gasteiger charge is 2.38. The van der Waals surface area contributed by atoms with Crippen molar-refractivity contribution in [3.8, 4) is 5.69 Å². The van der Waals surface area contributed by atoms with Gasteiger partial charge in [0.25, 0.3) is 0 Å². The van der Waals surface area contributed by atoms with E-state index in [-0.39, 0.29) is 34.6 Å². The molecule has 1 aromatic carbocycles. The Morgan fingerprint density at radius 3 is 2.52 bits per heavy atom. The Hall–Kier alpha value is -3.21. The van der Waals surface area contributed by atoms with E-state index < -0.39 is 11.6 Å². The van der Waals surface area contributed by atoms with Gasteiger partial charge >= 0.3 is 0 Å². The zero-order chi connectivity index (χ0) is 22.2. The second-order valence-electron chi connectivity index (χ2n) is 9.08. The number of benzene rings is 1. The number of tetrazole rings is 1. The molecule has 4 rings (SSSR count). The van der Waals surface area contributed by atoms with E-state index in [2.05, 4.69) is 69.1 Å². The number of hydrogen-bond donors (Lipinski definition) is 3. The first kappa shape index (κ1) is 21.0. The molecule has 1 aliphatic heterocycles. The number of nitrogens with one attached hydrogen (secondary N) is 3. The SMILES string of the molecule is CC1(C)CC(Nc2nc(Nc3ccc(F)c(-n4cnnn4)c3)ncc2F)CC(C)(C)N1. The summed E-state index contributed by atoms with van der Waals surface area (Å²) in [7, 11) is 0. The molecule has 0 radical (unpaired) electrons. The van der Waals surface area contributed by atoms with Crippen LogP contribution in [0.5, 0.6) is 0 Å². The van der Waals surface area contributed by atoms with Crippen LogP contribution in [0, 0.1) is 11.6 Å². The monoisotopic (exact) mass is 429 g/mol. The molecule has 164 valence electrons. The first-order valence-electron chi connectivity index (χ1n) is 9.99. The standard InChI is InChI=1S/C20H25F2N9/c1-19(2)8-13(9-20(3,4)28-19)25-17-15(22)10-23-18(27-17)26-12-5-6-14(21)16(7-12)31-11-24-29-30-31/h5-7,10-11,13,28H,8-9H2,1-4H3,(H2,23,25,26,27). The van der Waals surface area contributed by atoms with Gasteiger partial charge in [-0.15, -0.1) is 5.10 Å². The minimum atomic E-state index is -0.534. The van der Waals surface area contributed by atoms with E-state index in [1.807, 2.05) is 0 Å². The van der Waals surface area contributed by atoms with Crippen LogP contribution in [0.25, 0.3) is 5.69 Å². The lowest BCUT2D eigenvalue weighted by molar-refractivity contribution is 0.170. The highest BCUT2D eigenvalue weighted by molar-refractivity contribution is 5.58. The van der Waals surface area contributed by atoms with Crippen molar-refractivity contribution >= 4 is 17.5 Å². The van der Waals surface area contributed by atoms with Crippen molar-refractivity contribution in [3.63, 3.8) is 0 Å². The van der Waals surface area contributed by atoms with E-state index in [1.54, 1.807) is 0 Å². The summed E-state index contributed by atoms with van der Waals surface area (Å²) in [6.07, 6.45) is 4.03. The van der Waals surface area contributed by atoms with Crippen molar-refractivity contribution in [2.24, 2.45) is 0 Å². The van der Waals surface area contributed by atoms with Crippen molar-refractivity contribution in [1.82, 2.24) is 35.5 Å². The Kier molecular flexibility index (Phi) is 5.29. The second kappa shape index (κ2) is 7.80. The fraction of sp³-hybridized carbons (Fsp3) is 0.450. The largest absolute Gasteiger partial charge is 0.365 e. The fourth-order valence-electron chi connectivity index (χ4n) is 4.31. The summed E-state index contributed by atoms with van der Waals surface area (Å²) in [5, 5.41) is 20.6. The molecule has 0 amide bonds. The third-order valence-corrected chi connectivity index (χ3v) is 5.07. The molecule has 0 saturated carbocycles. The topological polar surface area (TPSA) is 105 Å². The van der Waals surface area contributed by atoms with Crippen LogP contribution in [0.2, 0.25) is 0 Å². The molecule has 0 spiro atoms. The van der Waals surface area contributed by atoms with Gasteiger partial charge in [0.2, 0.25) is 5.95 Å². The predicted octanol–water partition coefficient (Wildman–Crippen LogP) is 3.20. The molecule has 2 aromatic heterocycles. The van der Waals surface area contributed by atoms with Crippen molar-refractivity contribution in [2.45, 2.75) is 57.7 Å². The smallest absolute Gasteiger partial charge is 0.229 e. The molecule has 3 aromatic rings. The van der Waals surface area contributed by atoms with Crippen LogP contribution in [-0.4, -0.2) is 47.3 Å². The van der Waals surface area contributed by atoms with Crippen LogP contribution >= 0.6 is 0 Å². The van der Waals surface area contributed by atoms with Gasteiger partial charge in [-0.05, 0) is 69.2 Å². The summed E-state index contributed by atoms with van der Waals surface area (Å²) in [4.78, 5) is 8.31. The minimum Gasteiger partial charge on any atom is -0.365 e. The molecule has 3 heterocycles. The Bertz CT molecular complexity index is 1050. The predicted molar refractivity (Wildman–Crippen MR) is 112 cm³/mol. The molecule has 1 fully saturated rings. The zero-order valence-electron chi connectivity index (χ0n) is 17.8. The summed E-state index contributed by atoms with van der Waals surface area (Å²) in [5.41, 5.74) is 0.485. The number of rotatable bonds is 5. The maximum absolute atomic E-state index is 14.4. The van der Waals surface area contributed by atoms with E-state index in [4.69, 9.17) is 0 Å². The van der Waals surface area contributed by atoms with Crippen LogP contribution in [0.1, 0.15) is 40.5 Å². The maximum Gasteiger partial charge on any atom is 0.229 e. The van der Waals surface area contributed by atoms with Crippen molar-refractivity contribution < 1.29 is 8.78 Å². The van der Waals surface area contributed by atoms with Gasteiger partial charge in [0.15, 0.2) is 11.6 Å². The summed E-state index contributed by atoms with van der Waals surface area (Å²) in [6.45, 7) is 8.51. The van der Waals surface area contributed by atoms with E-state index in [0.717, 1.165) is 19.0 Å². The number of halogens is 2. The molecular weight excluding hydrogens is 404 g/mol. The number of piperidine rings is 1.